The maximum atomic E-state index is 12.8. The minimum Gasteiger partial charge on any atom is -0.462 e. The minimum absolute atomic E-state index is 0.0918. The van der Waals surface area contributed by atoms with Gasteiger partial charge in [0.1, 0.15) is 13.2 Å². The monoisotopic (exact) mass is 917 g/mol. The molecule has 0 aliphatic carbocycles. The first kappa shape index (κ1) is 62.3. The zero-order valence-corrected chi connectivity index (χ0v) is 42.9. The van der Waals surface area contributed by atoms with Crippen LogP contribution >= 0.6 is 0 Å². The molecule has 0 saturated heterocycles. The van der Waals surface area contributed by atoms with Crippen molar-refractivity contribution in [3.8, 4) is 0 Å². The van der Waals surface area contributed by atoms with E-state index in [2.05, 4.69) is 118 Å². The standard InChI is InChI=1S/C60H100O6/c1-4-7-10-13-16-19-22-25-26-27-28-29-30-31-32-33-34-36-38-41-44-47-50-53-59(62)65-56-57(55-64-58(61)52-49-46-43-40-37-24-21-18-15-12-9-6-3)66-60(63)54-51-48-45-42-39-35-23-20-17-14-11-8-5-2/h7,10-11,14,16,18-21,23,25-26,28-29,31-32,57H,4-6,8-9,12-13,15,17,22,24,27,30,33-56H2,1-3H3/b10-7-,14-11-,19-16-,21-18-,23-20-,26-25-,29-28-,32-31-. The van der Waals surface area contributed by atoms with Crippen LogP contribution in [0.3, 0.4) is 0 Å². The number of esters is 3. The summed E-state index contributed by atoms with van der Waals surface area (Å²) in [5.74, 6) is -0.927. The van der Waals surface area contributed by atoms with Crippen molar-refractivity contribution in [1.29, 1.82) is 0 Å². The van der Waals surface area contributed by atoms with Crippen molar-refractivity contribution in [1.82, 2.24) is 0 Å². The van der Waals surface area contributed by atoms with Crippen molar-refractivity contribution in [2.75, 3.05) is 13.2 Å². The molecular formula is C60H100O6. The van der Waals surface area contributed by atoms with E-state index < -0.39 is 6.10 Å². The lowest BCUT2D eigenvalue weighted by Gasteiger charge is -2.18. The fraction of sp³-hybridized carbons (Fsp3) is 0.683. The van der Waals surface area contributed by atoms with Gasteiger partial charge >= 0.3 is 17.9 Å². The molecule has 6 nitrogen and oxygen atoms in total. The molecule has 0 aromatic carbocycles. The van der Waals surface area contributed by atoms with Crippen LogP contribution in [0.2, 0.25) is 0 Å². The van der Waals surface area contributed by atoms with E-state index in [-0.39, 0.29) is 31.1 Å². The van der Waals surface area contributed by atoms with Gasteiger partial charge in [0.25, 0.3) is 0 Å². The second kappa shape index (κ2) is 53.9. The summed E-state index contributed by atoms with van der Waals surface area (Å²) in [5, 5.41) is 0. The Hall–Kier alpha value is -3.67. The SMILES string of the molecule is CC/C=C\C/C=C\C/C=C\C/C=C\C/C=C\CCCCCCCCCC(=O)OCC(COC(=O)CCCCCCC/C=C\CCCCC)OC(=O)CCCCCCC/C=C\C/C=C\CCC. The largest absolute Gasteiger partial charge is 0.462 e. The normalized spacial score (nSPS) is 12.8. The number of hydrogen-bond donors (Lipinski definition) is 0. The van der Waals surface area contributed by atoms with Crippen molar-refractivity contribution >= 4 is 17.9 Å². The maximum absolute atomic E-state index is 12.8. The Labute approximate surface area is 407 Å². The summed E-state index contributed by atoms with van der Waals surface area (Å²) < 4.78 is 16.8. The summed E-state index contributed by atoms with van der Waals surface area (Å²) in [6.07, 6.45) is 71.1. The van der Waals surface area contributed by atoms with Crippen molar-refractivity contribution in [2.45, 2.75) is 252 Å². The van der Waals surface area contributed by atoms with Gasteiger partial charge in [-0.05, 0) is 116 Å². The van der Waals surface area contributed by atoms with Crippen LogP contribution in [-0.4, -0.2) is 37.2 Å². The van der Waals surface area contributed by atoms with E-state index in [0.717, 1.165) is 135 Å². The highest BCUT2D eigenvalue weighted by molar-refractivity contribution is 5.71. The van der Waals surface area contributed by atoms with Gasteiger partial charge in [0.2, 0.25) is 0 Å². The zero-order valence-electron chi connectivity index (χ0n) is 42.9. The molecule has 0 radical (unpaired) electrons. The van der Waals surface area contributed by atoms with Gasteiger partial charge in [-0.2, -0.15) is 0 Å². The topological polar surface area (TPSA) is 78.9 Å². The molecule has 1 atom stereocenters. The highest BCUT2D eigenvalue weighted by Gasteiger charge is 2.19. The van der Waals surface area contributed by atoms with E-state index in [1.165, 1.54) is 70.6 Å². The molecule has 0 aliphatic rings. The second-order valence-corrected chi connectivity index (χ2v) is 17.7. The summed E-state index contributed by atoms with van der Waals surface area (Å²) in [6, 6.07) is 0. The van der Waals surface area contributed by atoms with Crippen molar-refractivity contribution in [2.24, 2.45) is 0 Å². The molecule has 0 aromatic rings. The molecule has 0 amide bonds. The number of carbonyl (C=O) groups is 3. The highest BCUT2D eigenvalue weighted by atomic mass is 16.6. The van der Waals surface area contributed by atoms with Gasteiger partial charge in [-0.25, -0.2) is 0 Å². The maximum Gasteiger partial charge on any atom is 0.306 e. The first-order chi connectivity index (χ1) is 32.5. The van der Waals surface area contributed by atoms with E-state index >= 15 is 0 Å². The van der Waals surface area contributed by atoms with Crippen LogP contribution in [0.15, 0.2) is 97.2 Å². The van der Waals surface area contributed by atoms with Crippen LogP contribution in [0.4, 0.5) is 0 Å². The third-order valence-electron chi connectivity index (χ3n) is 11.3. The molecule has 376 valence electrons. The number of ether oxygens (including phenoxy) is 3. The lowest BCUT2D eigenvalue weighted by atomic mass is 10.1. The van der Waals surface area contributed by atoms with Crippen LogP contribution < -0.4 is 0 Å². The summed E-state index contributed by atoms with van der Waals surface area (Å²) in [7, 11) is 0. The number of carbonyl (C=O) groups excluding carboxylic acids is 3. The average Bonchev–Trinajstić information content (AvgIpc) is 3.31. The highest BCUT2D eigenvalue weighted by Crippen LogP contribution is 2.14. The smallest absolute Gasteiger partial charge is 0.306 e. The molecule has 0 N–H and O–H groups in total. The molecule has 0 fully saturated rings. The first-order valence-corrected chi connectivity index (χ1v) is 27.2. The minimum atomic E-state index is -0.793. The molecule has 1 unspecified atom stereocenters. The Morgan fingerprint density at radius 1 is 0.318 bits per heavy atom. The fourth-order valence-electron chi connectivity index (χ4n) is 7.21. The fourth-order valence-corrected chi connectivity index (χ4v) is 7.21. The third-order valence-corrected chi connectivity index (χ3v) is 11.3. The Morgan fingerprint density at radius 2 is 0.621 bits per heavy atom. The lowest BCUT2D eigenvalue weighted by Crippen LogP contribution is -2.30. The van der Waals surface area contributed by atoms with Gasteiger partial charge < -0.3 is 14.2 Å². The number of hydrogen-bond acceptors (Lipinski definition) is 6. The van der Waals surface area contributed by atoms with Gasteiger partial charge in [-0.1, -0.05) is 208 Å². The predicted octanol–water partition coefficient (Wildman–Crippen LogP) is 18.1. The number of allylic oxidation sites excluding steroid dienone is 16. The molecule has 0 heterocycles. The van der Waals surface area contributed by atoms with Gasteiger partial charge in [0, 0.05) is 19.3 Å². The number of rotatable bonds is 48. The molecule has 0 aromatic heterocycles. The van der Waals surface area contributed by atoms with Crippen LogP contribution in [0.5, 0.6) is 0 Å². The van der Waals surface area contributed by atoms with E-state index in [1.807, 2.05) is 0 Å². The van der Waals surface area contributed by atoms with E-state index in [1.54, 1.807) is 0 Å². The van der Waals surface area contributed by atoms with Gasteiger partial charge in [0.15, 0.2) is 6.10 Å². The van der Waals surface area contributed by atoms with Crippen molar-refractivity contribution < 1.29 is 28.6 Å². The quantitative estimate of drug-likeness (QED) is 0.0262. The average molecular weight is 917 g/mol. The Bertz CT molecular complexity index is 1330. The molecule has 66 heavy (non-hydrogen) atoms. The van der Waals surface area contributed by atoms with Gasteiger partial charge in [-0.15, -0.1) is 0 Å². The summed E-state index contributed by atoms with van der Waals surface area (Å²) in [5.41, 5.74) is 0. The Kier molecular flexibility index (Phi) is 50.9. The first-order valence-electron chi connectivity index (χ1n) is 27.2. The molecular weight excluding hydrogens is 817 g/mol. The van der Waals surface area contributed by atoms with Crippen molar-refractivity contribution in [3.05, 3.63) is 97.2 Å². The second-order valence-electron chi connectivity index (χ2n) is 17.7. The zero-order chi connectivity index (χ0) is 47.9. The van der Waals surface area contributed by atoms with Crippen LogP contribution in [0.1, 0.15) is 245 Å². The van der Waals surface area contributed by atoms with Crippen LogP contribution in [-0.2, 0) is 28.6 Å². The van der Waals surface area contributed by atoms with E-state index in [9.17, 15) is 14.4 Å². The van der Waals surface area contributed by atoms with Crippen molar-refractivity contribution in [3.63, 3.8) is 0 Å². The summed E-state index contributed by atoms with van der Waals surface area (Å²) in [4.78, 5) is 38.0. The van der Waals surface area contributed by atoms with E-state index in [4.69, 9.17) is 14.2 Å². The Balaban J connectivity index is 4.36. The van der Waals surface area contributed by atoms with E-state index in [0.29, 0.717) is 19.3 Å². The van der Waals surface area contributed by atoms with Crippen LogP contribution in [0.25, 0.3) is 0 Å². The summed E-state index contributed by atoms with van der Waals surface area (Å²) >= 11 is 0. The molecule has 0 aliphatic heterocycles. The molecule has 0 rings (SSSR count). The van der Waals surface area contributed by atoms with Gasteiger partial charge in [-0.3, -0.25) is 14.4 Å². The molecule has 0 spiro atoms. The third kappa shape index (κ3) is 51.3. The van der Waals surface area contributed by atoms with Crippen LogP contribution in [0, 0.1) is 0 Å². The predicted molar refractivity (Wildman–Crippen MR) is 284 cm³/mol. The number of unbranched alkanes of at least 4 members (excludes halogenated alkanes) is 21. The van der Waals surface area contributed by atoms with Gasteiger partial charge in [0.05, 0.1) is 0 Å². The lowest BCUT2D eigenvalue weighted by molar-refractivity contribution is -0.167. The Morgan fingerprint density at radius 3 is 1.00 bits per heavy atom. The molecule has 0 bridgehead atoms. The molecule has 0 saturated carbocycles. The summed E-state index contributed by atoms with van der Waals surface area (Å²) in [6.45, 7) is 6.40. The molecule has 6 heteroatoms.